The van der Waals surface area contributed by atoms with E-state index < -0.39 is 17.7 Å². The largest absolute Gasteiger partial charge is 0.395 e. The first-order valence-electron chi connectivity index (χ1n) is 4.04. The molecule has 1 aromatic carbocycles. The van der Waals surface area contributed by atoms with Gasteiger partial charge in [-0.15, -0.1) is 0 Å². The van der Waals surface area contributed by atoms with Crippen LogP contribution in [0.3, 0.4) is 0 Å². The number of hydrogen-bond acceptors (Lipinski definition) is 2. The monoisotopic (exact) mass is 265 g/mol. The maximum Gasteiger partial charge on any atom is 0.130 e. The van der Waals surface area contributed by atoms with Crippen molar-refractivity contribution in [2.45, 2.75) is 12.5 Å². The summed E-state index contributed by atoms with van der Waals surface area (Å²) in [7, 11) is 0. The van der Waals surface area contributed by atoms with Gasteiger partial charge < -0.3 is 10.8 Å². The molecule has 2 nitrogen and oxygen atoms in total. The van der Waals surface area contributed by atoms with Gasteiger partial charge in [0.1, 0.15) is 11.6 Å². The number of hydrogen-bond donors (Lipinski definition) is 2. The van der Waals surface area contributed by atoms with Gasteiger partial charge in [-0.05, 0) is 18.6 Å². The van der Waals surface area contributed by atoms with Crippen LogP contribution in [-0.4, -0.2) is 17.8 Å². The molecule has 0 bridgehead atoms. The minimum Gasteiger partial charge on any atom is -0.395 e. The average Bonchev–Trinajstić information content (AvgIpc) is 2.10. The summed E-state index contributed by atoms with van der Waals surface area (Å²) in [5.74, 6) is -1.30. The molecular weight excluding hydrogens is 256 g/mol. The smallest absolute Gasteiger partial charge is 0.130 e. The quantitative estimate of drug-likeness (QED) is 0.872. The predicted molar refractivity (Wildman–Crippen MR) is 52.8 cm³/mol. The number of aliphatic hydroxyl groups excluding tert-OH is 1. The molecular formula is C9H10BrF2NO. The number of halogens is 3. The van der Waals surface area contributed by atoms with Crippen LogP contribution in [0.4, 0.5) is 8.78 Å². The molecule has 0 aromatic heterocycles. The normalized spacial score (nSPS) is 12.9. The Bertz CT molecular complexity index is 310. The summed E-state index contributed by atoms with van der Waals surface area (Å²) in [6.45, 7) is -0.297. The van der Waals surface area contributed by atoms with Gasteiger partial charge in [0.25, 0.3) is 0 Å². The molecule has 5 heteroatoms. The van der Waals surface area contributed by atoms with E-state index >= 15 is 0 Å². The zero-order valence-corrected chi connectivity index (χ0v) is 8.89. The lowest BCUT2D eigenvalue weighted by Gasteiger charge is -2.10. The highest BCUT2D eigenvalue weighted by Gasteiger charge is 2.13. The average molecular weight is 266 g/mol. The number of rotatable bonds is 3. The van der Waals surface area contributed by atoms with E-state index in [1.165, 1.54) is 12.1 Å². The standard InChI is InChI=1S/C9H10BrF2NO/c10-5-1-8(11)7(9(12)2-5)3-6(13)4-14/h1-2,6,14H,3-4,13H2/t6-/m0/s1. The second-order valence-electron chi connectivity index (χ2n) is 2.99. The fourth-order valence-corrected chi connectivity index (χ4v) is 1.50. The first-order chi connectivity index (χ1) is 6.54. The third-order valence-electron chi connectivity index (χ3n) is 1.81. The van der Waals surface area contributed by atoms with E-state index in [9.17, 15) is 8.78 Å². The molecule has 1 aromatic rings. The summed E-state index contributed by atoms with van der Waals surface area (Å²) < 4.78 is 26.7. The minimum absolute atomic E-state index is 0.0125. The van der Waals surface area contributed by atoms with Crippen LogP contribution in [0, 0.1) is 11.6 Å². The van der Waals surface area contributed by atoms with Crippen molar-refractivity contribution >= 4 is 15.9 Å². The van der Waals surface area contributed by atoms with Crippen molar-refractivity contribution in [1.29, 1.82) is 0 Å². The fraction of sp³-hybridized carbons (Fsp3) is 0.333. The Labute approximate surface area is 88.9 Å². The van der Waals surface area contributed by atoms with Gasteiger partial charge in [0.15, 0.2) is 0 Å². The maximum atomic E-state index is 13.2. The molecule has 0 heterocycles. The molecule has 14 heavy (non-hydrogen) atoms. The van der Waals surface area contributed by atoms with Crippen LogP contribution in [0.5, 0.6) is 0 Å². The molecule has 1 atom stereocenters. The van der Waals surface area contributed by atoms with Gasteiger partial charge in [0, 0.05) is 16.1 Å². The van der Waals surface area contributed by atoms with Crippen LogP contribution in [0.1, 0.15) is 5.56 Å². The summed E-state index contributed by atoms with van der Waals surface area (Å²) in [5.41, 5.74) is 5.30. The SMILES string of the molecule is N[C@H](CO)Cc1c(F)cc(Br)cc1F. The third kappa shape index (κ3) is 2.73. The molecule has 0 aliphatic heterocycles. The molecule has 1 rings (SSSR count). The van der Waals surface area contributed by atoms with Gasteiger partial charge in [-0.3, -0.25) is 0 Å². The highest BCUT2D eigenvalue weighted by Crippen LogP contribution is 2.20. The second-order valence-corrected chi connectivity index (χ2v) is 3.91. The number of benzene rings is 1. The summed E-state index contributed by atoms with van der Waals surface area (Å²) in [4.78, 5) is 0. The van der Waals surface area contributed by atoms with Crippen molar-refractivity contribution in [3.05, 3.63) is 33.8 Å². The zero-order chi connectivity index (χ0) is 10.7. The molecule has 0 amide bonds. The van der Waals surface area contributed by atoms with Gasteiger partial charge in [-0.2, -0.15) is 0 Å². The zero-order valence-electron chi connectivity index (χ0n) is 7.30. The van der Waals surface area contributed by atoms with Crippen molar-refractivity contribution in [2.24, 2.45) is 5.73 Å². The fourth-order valence-electron chi connectivity index (χ4n) is 1.09. The Morgan fingerprint density at radius 1 is 1.36 bits per heavy atom. The lowest BCUT2D eigenvalue weighted by atomic mass is 10.1. The first kappa shape index (κ1) is 11.6. The number of aliphatic hydroxyl groups is 1. The first-order valence-corrected chi connectivity index (χ1v) is 4.83. The van der Waals surface area contributed by atoms with Crippen LogP contribution in [-0.2, 0) is 6.42 Å². The van der Waals surface area contributed by atoms with E-state index in [0.29, 0.717) is 4.47 Å². The molecule has 0 unspecified atom stereocenters. The van der Waals surface area contributed by atoms with Crippen LogP contribution in [0.25, 0.3) is 0 Å². The third-order valence-corrected chi connectivity index (χ3v) is 2.26. The van der Waals surface area contributed by atoms with Gasteiger partial charge >= 0.3 is 0 Å². The highest BCUT2D eigenvalue weighted by atomic mass is 79.9. The molecule has 78 valence electrons. The summed E-state index contributed by atoms with van der Waals surface area (Å²) >= 11 is 2.97. The molecule has 0 saturated carbocycles. The van der Waals surface area contributed by atoms with E-state index in [-0.39, 0.29) is 18.6 Å². The summed E-state index contributed by atoms with van der Waals surface area (Å²) in [6.07, 6.45) is -0.0125. The van der Waals surface area contributed by atoms with Gasteiger partial charge in [0.2, 0.25) is 0 Å². The summed E-state index contributed by atoms with van der Waals surface area (Å²) in [6, 6.07) is 1.70. The van der Waals surface area contributed by atoms with Crippen molar-refractivity contribution in [2.75, 3.05) is 6.61 Å². The lowest BCUT2D eigenvalue weighted by Crippen LogP contribution is -2.27. The molecule has 0 radical (unpaired) electrons. The lowest BCUT2D eigenvalue weighted by molar-refractivity contribution is 0.263. The van der Waals surface area contributed by atoms with E-state index in [0.717, 1.165) is 0 Å². The van der Waals surface area contributed by atoms with Crippen molar-refractivity contribution in [1.82, 2.24) is 0 Å². The van der Waals surface area contributed by atoms with E-state index in [1.807, 2.05) is 0 Å². The maximum absolute atomic E-state index is 13.2. The summed E-state index contributed by atoms with van der Waals surface area (Å²) in [5, 5.41) is 8.65. The topological polar surface area (TPSA) is 46.2 Å². The van der Waals surface area contributed by atoms with Crippen LogP contribution >= 0.6 is 15.9 Å². The molecule has 3 N–H and O–H groups in total. The second kappa shape index (κ2) is 4.82. The molecule has 0 aliphatic carbocycles. The van der Waals surface area contributed by atoms with Crippen LogP contribution in [0.2, 0.25) is 0 Å². The van der Waals surface area contributed by atoms with Crippen molar-refractivity contribution < 1.29 is 13.9 Å². The molecule has 0 fully saturated rings. The Kier molecular flexibility index (Phi) is 3.97. The van der Waals surface area contributed by atoms with Gasteiger partial charge in [-0.1, -0.05) is 15.9 Å². The molecule has 0 spiro atoms. The Morgan fingerprint density at radius 3 is 2.29 bits per heavy atom. The van der Waals surface area contributed by atoms with Crippen molar-refractivity contribution in [3.8, 4) is 0 Å². The molecule has 0 aliphatic rings. The highest BCUT2D eigenvalue weighted by molar-refractivity contribution is 9.10. The van der Waals surface area contributed by atoms with Crippen LogP contribution < -0.4 is 5.73 Å². The Morgan fingerprint density at radius 2 is 1.86 bits per heavy atom. The van der Waals surface area contributed by atoms with Crippen LogP contribution in [0.15, 0.2) is 16.6 Å². The van der Waals surface area contributed by atoms with E-state index in [4.69, 9.17) is 10.8 Å². The Hall–Kier alpha value is -0.520. The minimum atomic E-state index is -0.652. The van der Waals surface area contributed by atoms with E-state index in [1.54, 1.807) is 0 Å². The van der Waals surface area contributed by atoms with Crippen molar-refractivity contribution in [3.63, 3.8) is 0 Å². The van der Waals surface area contributed by atoms with Gasteiger partial charge in [-0.25, -0.2) is 8.78 Å². The predicted octanol–water partition coefficient (Wildman–Crippen LogP) is 1.59. The Balaban J connectivity index is 2.96. The number of nitrogens with two attached hydrogens (primary N) is 1. The van der Waals surface area contributed by atoms with E-state index in [2.05, 4.69) is 15.9 Å². The van der Waals surface area contributed by atoms with Gasteiger partial charge in [0.05, 0.1) is 6.61 Å². The molecule has 0 saturated heterocycles.